The molecule has 0 bridgehead atoms. The molecule has 2 amide bonds. The average molecular weight is 377 g/mol. The van der Waals surface area contributed by atoms with Crippen LogP contribution in [0.1, 0.15) is 13.8 Å². The fourth-order valence-corrected chi connectivity index (χ4v) is 2.30. The number of nitrogens with zero attached hydrogens (tertiary/aromatic N) is 1. The third kappa shape index (κ3) is 6.25. The molecule has 0 radical (unpaired) electrons. The van der Waals surface area contributed by atoms with E-state index in [4.69, 9.17) is 33.0 Å². The van der Waals surface area contributed by atoms with Crippen molar-refractivity contribution in [3.63, 3.8) is 0 Å². The number of carboxylic acid groups (broad SMARTS) is 1. The van der Waals surface area contributed by atoms with Crippen LogP contribution in [0.2, 0.25) is 10.0 Å². The van der Waals surface area contributed by atoms with E-state index in [-0.39, 0.29) is 36.4 Å². The van der Waals surface area contributed by atoms with E-state index in [0.717, 1.165) is 4.90 Å². The van der Waals surface area contributed by atoms with E-state index in [1.165, 1.54) is 26.0 Å². The van der Waals surface area contributed by atoms with Gasteiger partial charge in [-0.2, -0.15) is 0 Å². The van der Waals surface area contributed by atoms with Gasteiger partial charge in [-0.1, -0.05) is 23.2 Å². The monoisotopic (exact) mass is 376 g/mol. The zero-order valence-electron chi connectivity index (χ0n) is 13.2. The van der Waals surface area contributed by atoms with Gasteiger partial charge in [0.05, 0.1) is 5.02 Å². The number of amides is 2. The Kier molecular flexibility index (Phi) is 7.81. The van der Waals surface area contributed by atoms with Crippen LogP contribution in [-0.2, 0) is 14.4 Å². The molecule has 24 heavy (non-hydrogen) atoms. The molecule has 0 spiro atoms. The van der Waals surface area contributed by atoms with E-state index in [1.54, 1.807) is 6.07 Å². The maximum absolute atomic E-state index is 12.3. The number of carbonyl (C=O) groups excluding carboxylic acids is 2. The van der Waals surface area contributed by atoms with Crippen molar-refractivity contribution in [1.29, 1.82) is 0 Å². The van der Waals surface area contributed by atoms with Crippen molar-refractivity contribution in [1.82, 2.24) is 10.2 Å². The minimum Gasteiger partial charge on any atom is -0.482 e. The minimum absolute atomic E-state index is 0.0452. The Morgan fingerprint density at radius 2 is 2.00 bits per heavy atom. The molecule has 7 nitrogen and oxygen atoms in total. The molecule has 2 N–H and O–H groups in total. The molecule has 1 atom stereocenters. The van der Waals surface area contributed by atoms with E-state index in [0.29, 0.717) is 5.02 Å². The Morgan fingerprint density at radius 1 is 1.33 bits per heavy atom. The van der Waals surface area contributed by atoms with Gasteiger partial charge in [-0.25, -0.2) is 4.79 Å². The number of rotatable bonds is 8. The summed E-state index contributed by atoms with van der Waals surface area (Å²) < 4.78 is 5.33. The molecule has 0 aliphatic rings. The average Bonchev–Trinajstić information content (AvgIpc) is 2.49. The number of nitrogens with one attached hydrogen (secondary N) is 1. The summed E-state index contributed by atoms with van der Waals surface area (Å²) in [6, 6.07) is 3.48. The van der Waals surface area contributed by atoms with Gasteiger partial charge in [0.25, 0.3) is 5.91 Å². The Bertz CT molecular complexity index is 624. The lowest BCUT2D eigenvalue weighted by atomic mass is 10.2. The molecule has 0 aliphatic carbocycles. The highest BCUT2D eigenvalue weighted by atomic mass is 35.5. The van der Waals surface area contributed by atoms with Gasteiger partial charge in [0.15, 0.2) is 6.61 Å². The first kappa shape index (κ1) is 20.1. The Morgan fingerprint density at radius 3 is 2.54 bits per heavy atom. The standard InChI is InChI=1S/C15H18Cl2N2O5/c1-9(15(22)23)19(6-5-18-10(2)20)14(21)8-24-13-4-3-11(16)7-12(13)17/h3-4,7,9H,5-6,8H2,1-2H3,(H,18,20)(H,22,23). The fraction of sp³-hybridized carbons (Fsp3) is 0.400. The predicted molar refractivity (Wildman–Crippen MR) is 89.5 cm³/mol. The maximum atomic E-state index is 12.3. The largest absolute Gasteiger partial charge is 0.482 e. The first-order valence-electron chi connectivity index (χ1n) is 7.07. The van der Waals surface area contributed by atoms with Crippen molar-refractivity contribution in [3.8, 4) is 5.75 Å². The van der Waals surface area contributed by atoms with E-state index in [9.17, 15) is 14.4 Å². The summed E-state index contributed by atoms with van der Waals surface area (Å²) in [7, 11) is 0. The summed E-state index contributed by atoms with van der Waals surface area (Å²) in [6.45, 7) is 2.50. The Balaban J connectivity index is 2.72. The number of hydrogen-bond donors (Lipinski definition) is 2. The number of carbonyl (C=O) groups is 3. The van der Waals surface area contributed by atoms with Gasteiger partial charge >= 0.3 is 5.97 Å². The van der Waals surface area contributed by atoms with Crippen molar-refractivity contribution in [3.05, 3.63) is 28.2 Å². The van der Waals surface area contributed by atoms with Gasteiger partial charge in [0, 0.05) is 25.0 Å². The number of halogens is 2. The zero-order valence-corrected chi connectivity index (χ0v) is 14.7. The zero-order chi connectivity index (χ0) is 18.3. The topological polar surface area (TPSA) is 95.9 Å². The van der Waals surface area contributed by atoms with Gasteiger partial charge in [-0.05, 0) is 25.1 Å². The summed E-state index contributed by atoms with van der Waals surface area (Å²) in [5, 5.41) is 12.3. The summed E-state index contributed by atoms with van der Waals surface area (Å²) >= 11 is 11.7. The molecule has 0 fully saturated rings. The molecule has 0 aromatic heterocycles. The number of benzene rings is 1. The highest BCUT2D eigenvalue weighted by molar-refractivity contribution is 6.35. The molecular weight excluding hydrogens is 359 g/mol. The molecule has 0 heterocycles. The third-order valence-corrected chi connectivity index (χ3v) is 3.65. The van der Waals surface area contributed by atoms with Crippen molar-refractivity contribution in [2.24, 2.45) is 0 Å². The third-order valence-electron chi connectivity index (χ3n) is 3.12. The highest BCUT2D eigenvalue weighted by Crippen LogP contribution is 2.27. The van der Waals surface area contributed by atoms with E-state index in [2.05, 4.69) is 5.32 Å². The van der Waals surface area contributed by atoms with Gasteiger partial charge in [-0.3, -0.25) is 9.59 Å². The van der Waals surface area contributed by atoms with E-state index in [1.807, 2.05) is 0 Å². The molecule has 1 rings (SSSR count). The van der Waals surface area contributed by atoms with Crippen LogP contribution in [0.25, 0.3) is 0 Å². The first-order chi connectivity index (χ1) is 11.2. The Labute approximate surface area is 149 Å². The number of hydrogen-bond acceptors (Lipinski definition) is 4. The summed E-state index contributed by atoms with van der Waals surface area (Å²) in [5.41, 5.74) is 0. The highest BCUT2D eigenvalue weighted by Gasteiger charge is 2.25. The van der Waals surface area contributed by atoms with Gasteiger partial charge in [0.1, 0.15) is 11.8 Å². The van der Waals surface area contributed by atoms with Crippen LogP contribution in [0.3, 0.4) is 0 Å². The second-order valence-electron chi connectivity index (χ2n) is 4.95. The van der Waals surface area contributed by atoms with Crippen LogP contribution in [0.5, 0.6) is 5.75 Å². The number of aliphatic carboxylic acids is 1. The summed E-state index contributed by atoms with van der Waals surface area (Å²) in [4.78, 5) is 35.4. The molecule has 1 aromatic rings. The lowest BCUT2D eigenvalue weighted by Gasteiger charge is -2.26. The lowest BCUT2D eigenvalue weighted by Crippen LogP contribution is -2.48. The van der Waals surface area contributed by atoms with Crippen molar-refractivity contribution in [2.75, 3.05) is 19.7 Å². The molecule has 0 saturated heterocycles. The van der Waals surface area contributed by atoms with Gasteiger partial charge in [0.2, 0.25) is 5.91 Å². The van der Waals surface area contributed by atoms with Crippen molar-refractivity contribution in [2.45, 2.75) is 19.9 Å². The second-order valence-corrected chi connectivity index (χ2v) is 5.79. The van der Waals surface area contributed by atoms with Crippen LogP contribution >= 0.6 is 23.2 Å². The van der Waals surface area contributed by atoms with Gasteiger partial charge in [-0.15, -0.1) is 0 Å². The van der Waals surface area contributed by atoms with Gasteiger partial charge < -0.3 is 20.1 Å². The van der Waals surface area contributed by atoms with Crippen LogP contribution in [0.15, 0.2) is 18.2 Å². The lowest BCUT2D eigenvalue weighted by molar-refractivity contribution is -0.150. The number of ether oxygens (including phenoxy) is 1. The van der Waals surface area contributed by atoms with E-state index >= 15 is 0 Å². The molecule has 0 saturated carbocycles. The summed E-state index contributed by atoms with van der Waals surface area (Å²) in [5.74, 6) is -1.70. The molecule has 0 aliphatic heterocycles. The quantitative estimate of drug-likeness (QED) is 0.721. The van der Waals surface area contributed by atoms with Crippen LogP contribution in [0, 0.1) is 0 Å². The number of carboxylic acids is 1. The molecule has 132 valence electrons. The normalized spacial score (nSPS) is 11.5. The molecule has 1 aromatic carbocycles. The van der Waals surface area contributed by atoms with E-state index < -0.39 is 17.9 Å². The SMILES string of the molecule is CC(=O)NCCN(C(=O)COc1ccc(Cl)cc1Cl)C(C)C(=O)O. The van der Waals surface area contributed by atoms with Crippen LogP contribution in [0.4, 0.5) is 0 Å². The summed E-state index contributed by atoms with van der Waals surface area (Å²) in [6.07, 6.45) is 0. The first-order valence-corrected chi connectivity index (χ1v) is 7.82. The smallest absolute Gasteiger partial charge is 0.326 e. The minimum atomic E-state index is -1.16. The van der Waals surface area contributed by atoms with Crippen molar-refractivity contribution >= 4 is 41.0 Å². The van der Waals surface area contributed by atoms with Crippen LogP contribution in [-0.4, -0.2) is 53.5 Å². The molecular formula is C15H18Cl2N2O5. The van der Waals surface area contributed by atoms with Crippen LogP contribution < -0.4 is 10.1 Å². The maximum Gasteiger partial charge on any atom is 0.326 e. The fourth-order valence-electron chi connectivity index (χ4n) is 1.83. The van der Waals surface area contributed by atoms with Crippen molar-refractivity contribution < 1.29 is 24.2 Å². The predicted octanol–water partition coefficient (Wildman–Crippen LogP) is 1.81. The second kappa shape index (κ2) is 9.34. The molecule has 1 unspecified atom stereocenters. The Hall–Kier alpha value is -1.99. The molecule has 9 heteroatoms.